The topological polar surface area (TPSA) is 41.6 Å². The highest BCUT2D eigenvalue weighted by Crippen LogP contribution is 2.35. The summed E-state index contributed by atoms with van der Waals surface area (Å²) >= 11 is 0. The minimum Gasteiger partial charge on any atom is -0.444 e. The van der Waals surface area contributed by atoms with Gasteiger partial charge in [-0.2, -0.15) is 0 Å². The SMILES string of the molecule is CNC[C@@H]1CN(C(=O)OC(C)(C)C)C[C@H]1CC1CCCCC1. The number of nitrogens with one attached hydrogen (secondary N) is 1. The third-order valence-electron chi connectivity index (χ3n) is 5.06. The van der Waals surface area contributed by atoms with Gasteiger partial charge in [0.1, 0.15) is 5.60 Å². The average Bonchev–Trinajstić information content (AvgIpc) is 2.82. The molecule has 2 aliphatic rings. The monoisotopic (exact) mass is 310 g/mol. The summed E-state index contributed by atoms with van der Waals surface area (Å²) in [6, 6.07) is 0. The van der Waals surface area contributed by atoms with E-state index in [2.05, 4.69) is 5.32 Å². The highest BCUT2D eigenvalue weighted by Gasteiger charge is 2.37. The Morgan fingerprint density at radius 3 is 2.36 bits per heavy atom. The van der Waals surface area contributed by atoms with Gasteiger partial charge in [0.05, 0.1) is 0 Å². The Labute approximate surface area is 136 Å². The van der Waals surface area contributed by atoms with E-state index in [1.807, 2.05) is 32.7 Å². The van der Waals surface area contributed by atoms with Gasteiger partial charge in [0.15, 0.2) is 0 Å². The Morgan fingerprint density at radius 1 is 1.14 bits per heavy atom. The smallest absolute Gasteiger partial charge is 0.410 e. The van der Waals surface area contributed by atoms with Crippen molar-refractivity contribution in [2.45, 2.75) is 64.9 Å². The summed E-state index contributed by atoms with van der Waals surface area (Å²) in [5, 5.41) is 3.31. The van der Waals surface area contributed by atoms with Crippen molar-refractivity contribution in [3.05, 3.63) is 0 Å². The number of likely N-dealkylation sites (tertiary alicyclic amines) is 1. The van der Waals surface area contributed by atoms with E-state index >= 15 is 0 Å². The van der Waals surface area contributed by atoms with E-state index in [1.165, 1.54) is 38.5 Å². The van der Waals surface area contributed by atoms with Crippen LogP contribution in [0.3, 0.4) is 0 Å². The number of nitrogens with zero attached hydrogens (tertiary/aromatic N) is 1. The number of hydrogen-bond acceptors (Lipinski definition) is 3. The first-order valence-corrected chi connectivity index (χ1v) is 9.01. The molecular weight excluding hydrogens is 276 g/mol. The van der Waals surface area contributed by atoms with E-state index in [1.54, 1.807) is 0 Å². The minimum atomic E-state index is -0.406. The second kappa shape index (κ2) is 7.67. The number of amides is 1. The Morgan fingerprint density at radius 2 is 1.77 bits per heavy atom. The molecule has 2 fully saturated rings. The molecule has 4 heteroatoms. The van der Waals surface area contributed by atoms with Gasteiger partial charge in [-0.15, -0.1) is 0 Å². The van der Waals surface area contributed by atoms with Crippen LogP contribution < -0.4 is 5.32 Å². The van der Waals surface area contributed by atoms with Crippen LogP contribution in [0.1, 0.15) is 59.3 Å². The fourth-order valence-electron chi connectivity index (χ4n) is 4.03. The first-order valence-electron chi connectivity index (χ1n) is 9.01. The summed E-state index contributed by atoms with van der Waals surface area (Å²) in [5.41, 5.74) is -0.406. The van der Waals surface area contributed by atoms with Crippen molar-refractivity contribution in [3.63, 3.8) is 0 Å². The van der Waals surface area contributed by atoms with Gasteiger partial charge in [-0.3, -0.25) is 0 Å². The normalized spacial score (nSPS) is 27.2. The third-order valence-corrected chi connectivity index (χ3v) is 5.06. The van der Waals surface area contributed by atoms with Gasteiger partial charge < -0.3 is 15.0 Å². The molecule has 0 aromatic rings. The molecule has 0 aromatic carbocycles. The van der Waals surface area contributed by atoms with Crippen molar-refractivity contribution < 1.29 is 9.53 Å². The number of carbonyl (C=O) groups excluding carboxylic acids is 1. The fourth-order valence-corrected chi connectivity index (χ4v) is 4.03. The maximum atomic E-state index is 12.3. The first kappa shape index (κ1) is 17.6. The molecule has 128 valence electrons. The lowest BCUT2D eigenvalue weighted by Crippen LogP contribution is -2.36. The molecule has 1 aliphatic heterocycles. The van der Waals surface area contributed by atoms with Gasteiger partial charge in [0.25, 0.3) is 0 Å². The van der Waals surface area contributed by atoms with Gasteiger partial charge in [0.2, 0.25) is 0 Å². The number of hydrogen-bond donors (Lipinski definition) is 1. The summed E-state index contributed by atoms with van der Waals surface area (Å²) in [6.07, 6.45) is 8.11. The van der Waals surface area contributed by atoms with Crippen molar-refractivity contribution >= 4 is 6.09 Å². The molecule has 0 spiro atoms. The Balaban J connectivity index is 1.91. The highest BCUT2D eigenvalue weighted by atomic mass is 16.6. The lowest BCUT2D eigenvalue weighted by Gasteiger charge is -2.27. The van der Waals surface area contributed by atoms with Crippen molar-refractivity contribution in [1.29, 1.82) is 0 Å². The number of ether oxygens (including phenoxy) is 1. The molecule has 4 nitrogen and oxygen atoms in total. The Kier molecular flexibility index (Phi) is 6.13. The van der Waals surface area contributed by atoms with Gasteiger partial charge >= 0.3 is 6.09 Å². The predicted octanol–water partition coefficient (Wildman–Crippen LogP) is 3.66. The molecule has 0 unspecified atom stereocenters. The Hall–Kier alpha value is -0.770. The second-order valence-electron chi connectivity index (χ2n) is 8.20. The molecule has 2 atom stereocenters. The van der Waals surface area contributed by atoms with Crippen molar-refractivity contribution in [2.24, 2.45) is 17.8 Å². The third kappa shape index (κ3) is 5.15. The van der Waals surface area contributed by atoms with Gasteiger partial charge in [-0.1, -0.05) is 32.1 Å². The van der Waals surface area contributed by atoms with Crippen LogP contribution in [0.4, 0.5) is 4.79 Å². The second-order valence-corrected chi connectivity index (χ2v) is 8.20. The van der Waals surface area contributed by atoms with Crippen LogP contribution in [-0.2, 0) is 4.74 Å². The van der Waals surface area contributed by atoms with E-state index in [0.29, 0.717) is 11.8 Å². The molecule has 1 saturated heterocycles. The maximum absolute atomic E-state index is 12.3. The molecule has 1 saturated carbocycles. The molecule has 2 rings (SSSR count). The largest absolute Gasteiger partial charge is 0.444 e. The van der Waals surface area contributed by atoms with E-state index in [0.717, 1.165) is 25.6 Å². The van der Waals surface area contributed by atoms with E-state index < -0.39 is 5.60 Å². The highest BCUT2D eigenvalue weighted by molar-refractivity contribution is 5.68. The van der Waals surface area contributed by atoms with Crippen molar-refractivity contribution in [3.8, 4) is 0 Å². The first-order chi connectivity index (χ1) is 10.4. The summed E-state index contributed by atoms with van der Waals surface area (Å²) in [7, 11) is 2.01. The quantitative estimate of drug-likeness (QED) is 0.861. The van der Waals surface area contributed by atoms with Crippen LogP contribution in [0.2, 0.25) is 0 Å². The zero-order valence-electron chi connectivity index (χ0n) is 14.9. The molecule has 1 heterocycles. The zero-order chi connectivity index (χ0) is 16.2. The zero-order valence-corrected chi connectivity index (χ0v) is 14.9. The van der Waals surface area contributed by atoms with Crippen LogP contribution in [0.5, 0.6) is 0 Å². The molecule has 0 bridgehead atoms. The average molecular weight is 310 g/mol. The molecule has 22 heavy (non-hydrogen) atoms. The summed E-state index contributed by atoms with van der Waals surface area (Å²) < 4.78 is 5.55. The standard InChI is InChI=1S/C18H34N2O2/c1-18(2,3)22-17(21)20-12-15(16(13-20)11-19-4)10-14-8-6-5-7-9-14/h14-16,19H,5-13H2,1-4H3/t15-,16-/m1/s1. The van der Waals surface area contributed by atoms with Crippen LogP contribution in [0.25, 0.3) is 0 Å². The van der Waals surface area contributed by atoms with Gasteiger partial charge in [0, 0.05) is 13.1 Å². The summed E-state index contributed by atoms with van der Waals surface area (Å²) in [6.45, 7) is 8.52. The summed E-state index contributed by atoms with van der Waals surface area (Å²) in [4.78, 5) is 14.3. The van der Waals surface area contributed by atoms with Crippen LogP contribution in [-0.4, -0.2) is 43.3 Å². The molecule has 1 amide bonds. The molecule has 0 radical (unpaired) electrons. The minimum absolute atomic E-state index is 0.139. The number of carbonyl (C=O) groups is 1. The lowest BCUT2D eigenvalue weighted by atomic mass is 9.79. The van der Waals surface area contributed by atoms with Crippen LogP contribution in [0.15, 0.2) is 0 Å². The van der Waals surface area contributed by atoms with Crippen molar-refractivity contribution in [1.82, 2.24) is 10.2 Å². The number of rotatable bonds is 4. The van der Waals surface area contributed by atoms with E-state index in [4.69, 9.17) is 4.74 Å². The Bertz CT molecular complexity index is 359. The van der Waals surface area contributed by atoms with Crippen molar-refractivity contribution in [2.75, 3.05) is 26.7 Å². The molecular formula is C18H34N2O2. The lowest BCUT2D eigenvalue weighted by molar-refractivity contribution is 0.0282. The predicted molar refractivity (Wildman–Crippen MR) is 89.9 cm³/mol. The van der Waals surface area contributed by atoms with E-state index in [9.17, 15) is 4.79 Å². The maximum Gasteiger partial charge on any atom is 0.410 e. The molecule has 1 aliphatic carbocycles. The molecule has 1 N–H and O–H groups in total. The molecule has 0 aromatic heterocycles. The van der Waals surface area contributed by atoms with Crippen LogP contribution >= 0.6 is 0 Å². The summed E-state index contributed by atoms with van der Waals surface area (Å²) in [5.74, 6) is 2.07. The van der Waals surface area contributed by atoms with Crippen LogP contribution in [0, 0.1) is 17.8 Å². The van der Waals surface area contributed by atoms with Gasteiger partial charge in [-0.25, -0.2) is 4.79 Å². The van der Waals surface area contributed by atoms with E-state index in [-0.39, 0.29) is 6.09 Å². The van der Waals surface area contributed by atoms with Gasteiger partial charge in [-0.05, 0) is 58.5 Å². The fraction of sp³-hybridized carbons (Fsp3) is 0.944.